The Labute approximate surface area is 78.1 Å². The third-order valence-electron chi connectivity index (χ3n) is 1.16. The van der Waals surface area contributed by atoms with Crippen LogP contribution in [0, 0.1) is 0 Å². The molecule has 0 saturated carbocycles. The summed E-state index contributed by atoms with van der Waals surface area (Å²) in [5.74, 6) is 0. The third kappa shape index (κ3) is 4.27. The molecule has 1 atom stereocenters. The molecule has 0 bridgehead atoms. The van der Waals surface area contributed by atoms with E-state index in [-0.39, 0.29) is 0 Å². The Kier molecular flexibility index (Phi) is 3.98. The van der Waals surface area contributed by atoms with Gasteiger partial charge in [0.2, 0.25) is 0 Å². The highest BCUT2D eigenvalue weighted by Crippen LogP contribution is 1.86. The number of halogens is 1. The Morgan fingerprint density at radius 1 is 1.23 bits per heavy atom. The average molecular weight is 200 g/mol. The first-order chi connectivity index (χ1) is 6.29. The molecule has 1 aromatic rings. The fraction of sp³-hybridized carbons (Fsp3) is 0. The number of hydrogen-bond acceptors (Lipinski definition) is 1. The van der Waals surface area contributed by atoms with E-state index in [1.807, 2.05) is 0 Å². The van der Waals surface area contributed by atoms with Crippen LogP contribution in [0.25, 0.3) is 0 Å². The van der Waals surface area contributed by atoms with Crippen LogP contribution in [-0.2, 0) is 11.0 Å². The highest BCUT2D eigenvalue weighted by atomic mass is 32.2. The van der Waals surface area contributed by atoms with Crippen molar-refractivity contribution in [1.29, 1.82) is 0 Å². The zero-order valence-corrected chi connectivity index (χ0v) is 7.58. The Balaban J connectivity index is 0.000000132. The number of allylic oxidation sites excluding steroid dienone is 2. The molecule has 5 heteroatoms. The van der Waals surface area contributed by atoms with Crippen LogP contribution in [0.3, 0.4) is 0 Å². The lowest BCUT2D eigenvalue weighted by Gasteiger charge is -1.94. The van der Waals surface area contributed by atoms with Gasteiger partial charge >= 0.3 is 0 Å². The third-order valence-corrected chi connectivity index (χ3v) is 1.93. The van der Waals surface area contributed by atoms with Crippen LogP contribution in [0.5, 0.6) is 0 Å². The fourth-order valence-electron chi connectivity index (χ4n) is 0.631. The van der Waals surface area contributed by atoms with Gasteiger partial charge in [0, 0.05) is 24.0 Å². The van der Waals surface area contributed by atoms with E-state index in [1.54, 1.807) is 35.9 Å². The molecular weight excluding hydrogens is 191 g/mol. The van der Waals surface area contributed by atoms with Gasteiger partial charge in [0.05, 0.1) is 0 Å². The van der Waals surface area contributed by atoms with Crippen LogP contribution < -0.4 is 4.72 Å². The van der Waals surface area contributed by atoms with Crippen molar-refractivity contribution in [2.24, 2.45) is 0 Å². The van der Waals surface area contributed by atoms with Crippen LogP contribution >= 0.6 is 0 Å². The highest BCUT2D eigenvalue weighted by molar-refractivity contribution is 7.86. The molecule has 2 heterocycles. The SMILES string of the molecule is Fn1cccc1.O=S1C=CC=CN1. The van der Waals surface area contributed by atoms with Gasteiger partial charge in [0.1, 0.15) is 11.0 Å². The van der Waals surface area contributed by atoms with Crippen LogP contribution in [0.15, 0.2) is 48.3 Å². The minimum atomic E-state index is -0.958. The fourth-order valence-corrected chi connectivity index (χ4v) is 1.16. The second kappa shape index (κ2) is 5.31. The molecular formula is C8H9FN2OS. The van der Waals surface area contributed by atoms with Crippen LogP contribution in [0.4, 0.5) is 4.48 Å². The van der Waals surface area contributed by atoms with E-state index in [0.717, 1.165) is 0 Å². The van der Waals surface area contributed by atoms with Crippen molar-refractivity contribution in [2.75, 3.05) is 0 Å². The Morgan fingerprint density at radius 3 is 2.15 bits per heavy atom. The minimum Gasteiger partial charge on any atom is -0.308 e. The molecule has 1 aromatic heterocycles. The lowest BCUT2D eigenvalue weighted by Crippen LogP contribution is -2.07. The lowest BCUT2D eigenvalue weighted by molar-refractivity contribution is 0.371. The van der Waals surface area contributed by atoms with Crippen molar-refractivity contribution in [2.45, 2.75) is 0 Å². The van der Waals surface area contributed by atoms with Crippen LogP contribution in [-0.4, -0.2) is 9.00 Å². The molecule has 3 nitrogen and oxygen atoms in total. The molecule has 0 spiro atoms. The first-order valence-electron chi connectivity index (χ1n) is 3.58. The summed E-state index contributed by atoms with van der Waals surface area (Å²) in [5, 5.41) is 1.58. The zero-order chi connectivity index (χ0) is 9.52. The normalized spacial score (nSPS) is 18.7. The van der Waals surface area contributed by atoms with Crippen molar-refractivity contribution in [3.05, 3.63) is 48.3 Å². The van der Waals surface area contributed by atoms with Crippen molar-refractivity contribution < 1.29 is 8.69 Å². The maximum absolute atomic E-state index is 11.6. The van der Waals surface area contributed by atoms with Crippen LogP contribution in [0.1, 0.15) is 0 Å². The average Bonchev–Trinajstić information content (AvgIpc) is 2.58. The summed E-state index contributed by atoms with van der Waals surface area (Å²) in [4.78, 5) is 0.500. The molecule has 1 aliphatic rings. The van der Waals surface area contributed by atoms with Crippen molar-refractivity contribution >= 4 is 11.0 Å². The van der Waals surface area contributed by atoms with Gasteiger partial charge < -0.3 is 4.72 Å². The monoisotopic (exact) mass is 200 g/mol. The van der Waals surface area contributed by atoms with Gasteiger partial charge in [-0.25, -0.2) is 4.21 Å². The van der Waals surface area contributed by atoms with E-state index in [9.17, 15) is 8.69 Å². The standard InChI is InChI=1S/C4H4FN.C4H5NOS/c5-6-3-1-2-4-6;6-7-4-2-1-3-5-7/h1-4H;1-5H. The van der Waals surface area contributed by atoms with E-state index in [1.165, 1.54) is 12.4 Å². The summed E-state index contributed by atoms with van der Waals surface area (Å²) in [6.45, 7) is 0. The molecule has 0 aromatic carbocycles. The van der Waals surface area contributed by atoms with E-state index >= 15 is 0 Å². The van der Waals surface area contributed by atoms with Crippen molar-refractivity contribution in [3.8, 4) is 0 Å². The summed E-state index contributed by atoms with van der Waals surface area (Å²) in [6.07, 6.45) is 7.85. The van der Waals surface area contributed by atoms with Gasteiger partial charge in [-0.15, -0.1) is 0 Å². The second-order valence-electron chi connectivity index (χ2n) is 2.13. The van der Waals surface area contributed by atoms with E-state index in [4.69, 9.17) is 0 Å². The first kappa shape index (κ1) is 9.73. The molecule has 13 heavy (non-hydrogen) atoms. The quantitative estimate of drug-likeness (QED) is 0.676. The molecule has 0 fully saturated rings. The molecule has 70 valence electrons. The molecule has 2 rings (SSSR count). The summed E-state index contributed by atoms with van der Waals surface area (Å²) < 4.78 is 24.5. The van der Waals surface area contributed by atoms with Gasteiger partial charge in [0.15, 0.2) is 0 Å². The van der Waals surface area contributed by atoms with Gasteiger partial charge in [-0.3, -0.25) is 0 Å². The smallest absolute Gasteiger partial charge is 0.142 e. The second-order valence-corrected chi connectivity index (χ2v) is 3.23. The minimum absolute atomic E-state index is 0.500. The maximum atomic E-state index is 11.6. The van der Waals surface area contributed by atoms with Gasteiger partial charge in [-0.05, 0) is 18.2 Å². The predicted octanol–water partition coefficient (Wildman–Crippen LogP) is 1.50. The summed E-state index contributed by atoms with van der Waals surface area (Å²) in [7, 11) is -0.958. The topological polar surface area (TPSA) is 34.0 Å². The molecule has 0 aliphatic carbocycles. The van der Waals surface area contributed by atoms with E-state index in [0.29, 0.717) is 4.79 Å². The summed E-state index contributed by atoms with van der Waals surface area (Å²) in [6, 6.07) is 3.25. The largest absolute Gasteiger partial charge is 0.308 e. The Bertz CT molecular complexity index is 319. The predicted molar refractivity (Wildman–Crippen MR) is 50.5 cm³/mol. The molecule has 1 unspecified atom stereocenters. The number of nitrogens with one attached hydrogen (secondary N) is 1. The van der Waals surface area contributed by atoms with Crippen molar-refractivity contribution in [1.82, 2.24) is 9.51 Å². The number of aromatic nitrogens is 1. The van der Waals surface area contributed by atoms with Gasteiger partial charge in [-0.2, -0.15) is 4.79 Å². The van der Waals surface area contributed by atoms with Crippen molar-refractivity contribution in [3.63, 3.8) is 0 Å². The van der Waals surface area contributed by atoms with E-state index in [2.05, 4.69) is 4.72 Å². The Morgan fingerprint density at radius 2 is 1.92 bits per heavy atom. The van der Waals surface area contributed by atoms with Gasteiger partial charge in [0.25, 0.3) is 0 Å². The molecule has 1 N–H and O–H groups in total. The first-order valence-corrected chi connectivity index (χ1v) is 4.79. The van der Waals surface area contributed by atoms with Gasteiger partial charge in [-0.1, -0.05) is 10.6 Å². The zero-order valence-electron chi connectivity index (χ0n) is 6.76. The molecule has 0 radical (unpaired) electrons. The Hall–Kier alpha value is -1.36. The van der Waals surface area contributed by atoms with E-state index < -0.39 is 11.0 Å². The molecule has 0 amide bonds. The number of hydrogen-bond donors (Lipinski definition) is 1. The molecule has 1 aliphatic heterocycles. The highest BCUT2D eigenvalue weighted by Gasteiger charge is 1.87. The number of rotatable bonds is 0. The summed E-state index contributed by atoms with van der Waals surface area (Å²) in [5.41, 5.74) is 0. The summed E-state index contributed by atoms with van der Waals surface area (Å²) >= 11 is 0. The maximum Gasteiger partial charge on any atom is 0.142 e. The number of nitrogens with zero attached hydrogens (tertiary/aromatic N) is 1. The van der Waals surface area contributed by atoms with Crippen LogP contribution in [0.2, 0.25) is 0 Å². The molecule has 0 saturated heterocycles. The lowest BCUT2D eigenvalue weighted by atomic mass is 10.6.